The number of allylic oxidation sites excluding steroid dienone is 3. The van der Waals surface area contributed by atoms with Crippen LogP contribution < -0.4 is 4.74 Å². The molecule has 5 heteroatoms. The van der Waals surface area contributed by atoms with Gasteiger partial charge >= 0.3 is 0 Å². The third-order valence-electron chi connectivity index (χ3n) is 5.28. The molecule has 1 aromatic rings. The average Bonchev–Trinajstić information content (AvgIpc) is 2.61. The number of methoxy groups -OCH3 is 1. The predicted octanol–water partition coefficient (Wildman–Crippen LogP) is 2.72. The van der Waals surface area contributed by atoms with Crippen LogP contribution in [0.25, 0.3) is 5.57 Å². The number of rotatable bonds is 4. The van der Waals surface area contributed by atoms with E-state index in [4.69, 9.17) is 9.47 Å². The molecule has 140 valence electrons. The molecule has 1 aliphatic carbocycles. The molecule has 1 saturated carbocycles. The van der Waals surface area contributed by atoms with Gasteiger partial charge in [-0.3, -0.25) is 4.79 Å². The molecule has 26 heavy (non-hydrogen) atoms. The summed E-state index contributed by atoms with van der Waals surface area (Å²) < 4.78 is 11.0. The number of ketones is 1. The van der Waals surface area contributed by atoms with E-state index in [0.29, 0.717) is 17.7 Å². The lowest BCUT2D eigenvalue weighted by atomic mass is 9.69. The van der Waals surface area contributed by atoms with Gasteiger partial charge in [0.1, 0.15) is 11.9 Å². The molecule has 5 unspecified atom stereocenters. The first-order chi connectivity index (χ1) is 12.4. The minimum Gasteiger partial charge on any atom is -0.497 e. The van der Waals surface area contributed by atoms with Crippen molar-refractivity contribution in [2.75, 3.05) is 7.11 Å². The number of aliphatic hydroxyl groups is 2. The van der Waals surface area contributed by atoms with Crippen molar-refractivity contribution in [3.63, 3.8) is 0 Å². The normalized spacial score (nSPS) is 30.7. The molecule has 5 nitrogen and oxygen atoms in total. The SMILES string of the molecule is COc1ccc(C2=COC3C(CC=C(C)C)C(O)CC(O)C3C2=O)cc1. The smallest absolute Gasteiger partial charge is 0.175 e. The quantitative estimate of drug-likeness (QED) is 0.810. The van der Waals surface area contributed by atoms with Crippen molar-refractivity contribution < 1.29 is 24.5 Å². The first kappa shape index (κ1) is 18.7. The number of carbonyl (C=O) groups is 1. The number of carbonyl (C=O) groups excluding carboxylic acids is 1. The number of hydrogen-bond acceptors (Lipinski definition) is 5. The number of Topliss-reactive ketones (excluding diaryl/α,β-unsaturated/α-hetero) is 1. The zero-order valence-electron chi connectivity index (χ0n) is 15.4. The van der Waals surface area contributed by atoms with Crippen LogP contribution in [0.1, 0.15) is 32.3 Å². The first-order valence-corrected chi connectivity index (χ1v) is 8.96. The lowest BCUT2D eigenvalue weighted by molar-refractivity contribution is -0.148. The molecule has 5 atom stereocenters. The van der Waals surface area contributed by atoms with Crippen molar-refractivity contribution >= 4 is 11.4 Å². The fraction of sp³-hybridized carbons (Fsp3) is 0.476. The fourth-order valence-electron chi connectivity index (χ4n) is 3.81. The number of ether oxygens (including phenoxy) is 2. The van der Waals surface area contributed by atoms with E-state index < -0.39 is 24.2 Å². The number of hydrogen-bond donors (Lipinski definition) is 2. The van der Waals surface area contributed by atoms with Gasteiger partial charge in [0.25, 0.3) is 0 Å². The van der Waals surface area contributed by atoms with Crippen molar-refractivity contribution in [1.29, 1.82) is 0 Å². The van der Waals surface area contributed by atoms with Crippen LogP contribution in [0.3, 0.4) is 0 Å². The molecule has 0 amide bonds. The van der Waals surface area contributed by atoms with Gasteiger partial charge in [-0.2, -0.15) is 0 Å². The van der Waals surface area contributed by atoms with E-state index in [9.17, 15) is 15.0 Å². The van der Waals surface area contributed by atoms with Crippen LogP contribution in [0.15, 0.2) is 42.2 Å². The van der Waals surface area contributed by atoms with Gasteiger partial charge in [0, 0.05) is 12.3 Å². The summed E-state index contributed by atoms with van der Waals surface area (Å²) in [4.78, 5) is 13.1. The highest BCUT2D eigenvalue weighted by Crippen LogP contribution is 2.41. The minimum atomic E-state index is -0.910. The van der Waals surface area contributed by atoms with Crippen LogP contribution in [0.2, 0.25) is 0 Å². The molecule has 0 bridgehead atoms. The van der Waals surface area contributed by atoms with Gasteiger partial charge in [-0.25, -0.2) is 0 Å². The van der Waals surface area contributed by atoms with E-state index in [1.165, 1.54) is 6.26 Å². The van der Waals surface area contributed by atoms with Crippen molar-refractivity contribution in [2.24, 2.45) is 11.8 Å². The second kappa shape index (κ2) is 7.64. The second-order valence-corrected chi connectivity index (χ2v) is 7.30. The van der Waals surface area contributed by atoms with Crippen LogP contribution in [-0.4, -0.2) is 41.4 Å². The molecule has 0 spiro atoms. The van der Waals surface area contributed by atoms with E-state index in [-0.39, 0.29) is 18.1 Å². The van der Waals surface area contributed by atoms with E-state index in [1.54, 1.807) is 31.4 Å². The maximum absolute atomic E-state index is 13.1. The van der Waals surface area contributed by atoms with Crippen molar-refractivity contribution in [2.45, 2.75) is 45.0 Å². The summed E-state index contributed by atoms with van der Waals surface area (Å²) in [5.41, 5.74) is 2.33. The highest BCUT2D eigenvalue weighted by atomic mass is 16.5. The Morgan fingerprint density at radius 3 is 2.54 bits per heavy atom. The molecule has 0 saturated heterocycles. The Bertz CT molecular complexity index is 714. The third kappa shape index (κ3) is 3.55. The first-order valence-electron chi connectivity index (χ1n) is 8.96. The largest absolute Gasteiger partial charge is 0.497 e. The molecular weight excluding hydrogens is 332 g/mol. The summed E-state index contributed by atoms with van der Waals surface area (Å²) in [5.74, 6) is -0.293. The van der Waals surface area contributed by atoms with Crippen LogP contribution in [0, 0.1) is 11.8 Å². The molecular formula is C21H26O5. The predicted molar refractivity (Wildman–Crippen MR) is 98.5 cm³/mol. The molecule has 1 aliphatic heterocycles. The summed E-state index contributed by atoms with van der Waals surface area (Å²) >= 11 is 0. The van der Waals surface area contributed by atoms with E-state index in [0.717, 1.165) is 11.1 Å². The average molecular weight is 358 g/mol. The van der Waals surface area contributed by atoms with Gasteiger partial charge in [0.2, 0.25) is 0 Å². The summed E-state index contributed by atoms with van der Waals surface area (Å²) in [6.45, 7) is 3.99. The number of fused-ring (bicyclic) bond motifs is 1. The van der Waals surface area contributed by atoms with Crippen LogP contribution in [0.5, 0.6) is 5.75 Å². The molecule has 1 aromatic carbocycles. The van der Waals surface area contributed by atoms with Crippen LogP contribution in [0.4, 0.5) is 0 Å². The maximum atomic E-state index is 13.1. The minimum absolute atomic E-state index is 0.131. The van der Waals surface area contributed by atoms with Crippen LogP contribution >= 0.6 is 0 Å². The molecule has 0 radical (unpaired) electrons. The Balaban J connectivity index is 1.89. The Kier molecular flexibility index (Phi) is 5.49. The Hall–Kier alpha value is -2.11. The molecule has 1 heterocycles. The number of aliphatic hydroxyl groups excluding tert-OH is 2. The highest BCUT2D eigenvalue weighted by Gasteiger charge is 2.50. The van der Waals surface area contributed by atoms with Gasteiger partial charge in [-0.15, -0.1) is 0 Å². The van der Waals surface area contributed by atoms with Crippen molar-refractivity contribution in [3.8, 4) is 5.75 Å². The second-order valence-electron chi connectivity index (χ2n) is 7.30. The Morgan fingerprint density at radius 2 is 1.92 bits per heavy atom. The molecule has 3 rings (SSSR count). The van der Waals surface area contributed by atoms with Crippen molar-refractivity contribution in [1.82, 2.24) is 0 Å². The standard InChI is InChI=1S/C21H26O5/c1-12(2)4-9-15-17(22)10-18(23)19-20(24)16(11-26-21(15)19)13-5-7-14(25-3)8-6-13/h4-8,11,15,17-19,21-23H,9-10H2,1-3H3. The van der Waals surface area contributed by atoms with Crippen LogP contribution in [-0.2, 0) is 9.53 Å². The van der Waals surface area contributed by atoms with Gasteiger partial charge in [-0.05, 0) is 38.0 Å². The van der Waals surface area contributed by atoms with Crippen molar-refractivity contribution in [3.05, 3.63) is 47.7 Å². The Morgan fingerprint density at radius 1 is 1.23 bits per heavy atom. The van der Waals surface area contributed by atoms with E-state index >= 15 is 0 Å². The third-order valence-corrected chi connectivity index (χ3v) is 5.28. The van der Waals surface area contributed by atoms with Gasteiger partial charge < -0.3 is 19.7 Å². The topological polar surface area (TPSA) is 76.0 Å². The van der Waals surface area contributed by atoms with E-state index in [1.807, 2.05) is 19.9 Å². The molecule has 0 aromatic heterocycles. The summed E-state index contributed by atoms with van der Waals surface area (Å²) in [5, 5.41) is 20.9. The van der Waals surface area contributed by atoms with Gasteiger partial charge in [-0.1, -0.05) is 23.8 Å². The lowest BCUT2D eigenvalue weighted by Crippen LogP contribution is -2.54. The lowest BCUT2D eigenvalue weighted by Gasteiger charge is -2.44. The highest BCUT2D eigenvalue weighted by molar-refractivity contribution is 6.22. The van der Waals surface area contributed by atoms with Gasteiger partial charge in [0.15, 0.2) is 5.78 Å². The monoisotopic (exact) mass is 358 g/mol. The summed E-state index contributed by atoms with van der Waals surface area (Å²) in [7, 11) is 1.59. The fourth-order valence-corrected chi connectivity index (χ4v) is 3.81. The molecule has 2 aliphatic rings. The Labute approximate surface area is 153 Å². The zero-order valence-corrected chi connectivity index (χ0v) is 15.4. The van der Waals surface area contributed by atoms with Gasteiger partial charge in [0.05, 0.1) is 37.1 Å². The maximum Gasteiger partial charge on any atom is 0.175 e. The molecule has 1 fully saturated rings. The zero-order chi connectivity index (χ0) is 18.8. The number of benzene rings is 1. The van der Waals surface area contributed by atoms with E-state index in [2.05, 4.69) is 0 Å². The summed E-state index contributed by atoms with van der Waals surface area (Å²) in [6, 6.07) is 7.18. The summed E-state index contributed by atoms with van der Waals surface area (Å²) in [6.07, 6.45) is 2.21. The molecule has 2 N–H and O–H groups in total.